The van der Waals surface area contributed by atoms with Crippen LogP contribution >= 0.6 is 11.8 Å². The summed E-state index contributed by atoms with van der Waals surface area (Å²) in [6, 6.07) is -0.922. The number of imidazole rings is 1. The Labute approximate surface area is 170 Å². The van der Waals surface area contributed by atoms with E-state index in [1.807, 2.05) is 0 Å². The summed E-state index contributed by atoms with van der Waals surface area (Å²) < 4.78 is 7.43. The zero-order valence-electron chi connectivity index (χ0n) is 15.6. The van der Waals surface area contributed by atoms with Crippen molar-refractivity contribution < 1.29 is 24.9 Å². The van der Waals surface area contributed by atoms with E-state index in [0.29, 0.717) is 48.0 Å². The number of fused-ring (bicyclic) bond motifs is 1. The number of anilines is 1. The number of rotatable bonds is 10. The van der Waals surface area contributed by atoms with Crippen molar-refractivity contribution in [2.75, 3.05) is 29.9 Å². The highest BCUT2D eigenvalue weighted by molar-refractivity contribution is 7.99. The zero-order valence-corrected chi connectivity index (χ0v) is 16.4. The number of carboxylic acid groups (broad SMARTS) is 1. The monoisotopic (exact) mass is 427 g/mol. The first-order valence-corrected chi connectivity index (χ1v) is 10.3. The number of hydrogen-bond donors (Lipinski definition) is 6. The third-order valence-electron chi connectivity index (χ3n) is 4.58. The molecule has 8 N–H and O–H groups in total. The molecule has 5 atom stereocenters. The van der Waals surface area contributed by atoms with Gasteiger partial charge in [-0.15, -0.1) is 0 Å². The summed E-state index contributed by atoms with van der Waals surface area (Å²) in [5.74, 6) is 0.353. The minimum atomic E-state index is -1.17. The van der Waals surface area contributed by atoms with Gasteiger partial charge in [0, 0.05) is 18.8 Å². The molecule has 0 saturated carbocycles. The number of nitrogens with two attached hydrogens (primary N) is 2. The second-order valence-corrected chi connectivity index (χ2v) is 7.77. The average Bonchev–Trinajstić information content (AvgIpc) is 3.25. The van der Waals surface area contributed by atoms with Gasteiger partial charge in [-0.3, -0.25) is 9.36 Å². The van der Waals surface area contributed by atoms with Crippen LogP contribution in [0.15, 0.2) is 12.7 Å². The van der Waals surface area contributed by atoms with Crippen molar-refractivity contribution >= 4 is 34.7 Å². The normalized spacial score (nSPS) is 25.4. The van der Waals surface area contributed by atoms with Crippen molar-refractivity contribution in [3.05, 3.63) is 12.7 Å². The molecule has 0 aliphatic carbocycles. The Morgan fingerprint density at radius 1 is 1.34 bits per heavy atom. The van der Waals surface area contributed by atoms with Crippen LogP contribution in [0.25, 0.3) is 11.2 Å². The van der Waals surface area contributed by atoms with Crippen LogP contribution in [-0.2, 0) is 9.53 Å². The number of thioether (sulfide) groups is 1. The smallest absolute Gasteiger partial charge is 0.320 e. The van der Waals surface area contributed by atoms with Crippen LogP contribution in [0.3, 0.4) is 0 Å². The Morgan fingerprint density at radius 3 is 2.86 bits per heavy atom. The summed E-state index contributed by atoms with van der Waals surface area (Å²) in [5, 5.41) is 32.7. The van der Waals surface area contributed by atoms with Gasteiger partial charge in [0.25, 0.3) is 0 Å². The molecule has 0 bridgehead atoms. The van der Waals surface area contributed by atoms with Crippen molar-refractivity contribution in [2.24, 2.45) is 11.5 Å². The second-order valence-electron chi connectivity index (χ2n) is 6.62. The SMILES string of the molecule is NCCNc1ncnc2c1ncn2[C@@H]1O[C@H](CSCC[C@H](N)C(=O)O)[C@@H](O)[C@H]1O. The molecule has 0 radical (unpaired) electrons. The highest BCUT2D eigenvalue weighted by Crippen LogP contribution is 2.33. The Bertz CT molecular complexity index is 837. The molecule has 0 unspecified atom stereocenters. The Morgan fingerprint density at radius 2 is 2.14 bits per heavy atom. The van der Waals surface area contributed by atoms with Gasteiger partial charge in [-0.1, -0.05) is 0 Å². The molecule has 2 aromatic rings. The maximum absolute atomic E-state index is 10.7. The van der Waals surface area contributed by atoms with Gasteiger partial charge in [0.15, 0.2) is 23.2 Å². The Hall–Kier alpha value is -2.03. The van der Waals surface area contributed by atoms with E-state index in [4.69, 9.17) is 21.3 Å². The van der Waals surface area contributed by atoms with Crippen LogP contribution in [0.1, 0.15) is 12.6 Å². The van der Waals surface area contributed by atoms with Crippen molar-refractivity contribution in [1.29, 1.82) is 0 Å². The molecule has 3 rings (SSSR count). The van der Waals surface area contributed by atoms with Gasteiger partial charge in [-0.25, -0.2) is 15.0 Å². The van der Waals surface area contributed by atoms with E-state index in [-0.39, 0.29) is 0 Å². The molecule has 160 valence electrons. The molecular formula is C16H25N7O5S. The fourth-order valence-corrected chi connectivity index (χ4v) is 4.08. The van der Waals surface area contributed by atoms with E-state index in [1.54, 1.807) is 4.57 Å². The predicted molar refractivity (Wildman–Crippen MR) is 106 cm³/mol. The topological polar surface area (TPSA) is 195 Å². The summed E-state index contributed by atoms with van der Waals surface area (Å²) in [4.78, 5) is 23.4. The Balaban J connectivity index is 1.66. The fraction of sp³-hybridized carbons (Fsp3) is 0.625. The predicted octanol–water partition coefficient (Wildman–Crippen LogP) is -1.65. The average molecular weight is 427 g/mol. The molecule has 0 spiro atoms. The zero-order chi connectivity index (χ0) is 21.0. The van der Waals surface area contributed by atoms with Crippen LogP contribution in [0.4, 0.5) is 5.82 Å². The second kappa shape index (κ2) is 9.65. The quantitative estimate of drug-likeness (QED) is 0.237. The number of aromatic nitrogens is 4. The number of nitrogens with one attached hydrogen (secondary N) is 1. The van der Waals surface area contributed by atoms with Gasteiger partial charge in [0.2, 0.25) is 0 Å². The molecule has 29 heavy (non-hydrogen) atoms. The molecule has 3 heterocycles. The van der Waals surface area contributed by atoms with Gasteiger partial charge >= 0.3 is 5.97 Å². The molecule has 1 aliphatic rings. The molecule has 1 fully saturated rings. The van der Waals surface area contributed by atoms with Crippen LogP contribution in [-0.4, -0.2) is 89.8 Å². The largest absolute Gasteiger partial charge is 0.480 e. The molecular weight excluding hydrogens is 402 g/mol. The summed E-state index contributed by atoms with van der Waals surface area (Å²) in [6.45, 7) is 0.949. The number of aliphatic hydroxyl groups excluding tert-OH is 2. The van der Waals surface area contributed by atoms with E-state index >= 15 is 0 Å². The first kappa shape index (κ1) is 21.7. The molecule has 0 aromatic carbocycles. The summed E-state index contributed by atoms with van der Waals surface area (Å²) in [7, 11) is 0. The maximum atomic E-state index is 10.7. The van der Waals surface area contributed by atoms with E-state index in [2.05, 4.69) is 20.3 Å². The third-order valence-corrected chi connectivity index (χ3v) is 5.67. The molecule has 13 heteroatoms. The summed E-state index contributed by atoms with van der Waals surface area (Å²) in [6.07, 6.45) is -0.611. The highest BCUT2D eigenvalue weighted by atomic mass is 32.2. The van der Waals surface area contributed by atoms with E-state index in [1.165, 1.54) is 24.4 Å². The minimum absolute atomic E-state index is 0.302. The van der Waals surface area contributed by atoms with Crippen LogP contribution < -0.4 is 16.8 Å². The van der Waals surface area contributed by atoms with Crippen molar-refractivity contribution in [1.82, 2.24) is 19.5 Å². The fourth-order valence-electron chi connectivity index (χ4n) is 2.99. The van der Waals surface area contributed by atoms with Crippen molar-refractivity contribution in [3.8, 4) is 0 Å². The third kappa shape index (κ3) is 4.76. The molecule has 0 amide bonds. The number of carboxylic acids is 1. The van der Waals surface area contributed by atoms with E-state index in [0.717, 1.165) is 0 Å². The van der Waals surface area contributed by atoms with Gasteiger partial charge in [-0.2, -0.15) is 11.8 Å². The highest BCUT2D eigenvalue weighted by Gasteiger charge is 2.44. The van der Waals surface area contributed by atoms with E-state index < -0.39 is 36.6 Å². The van der Waals surface area contributed by atoms with Crippen LogP contribution in [0.2, 0.25) is 0 Å². The molecule has 2 aromatic heterocycles. The lowest BCUT2D eigenvalue weighted by atomic mass is 10.1. The number of aliphatic hydroxyl groups is 2. The van der Waals surface area contributed by atoms with Gasteiger partial charge in [-0.05, 0) is 12.2 Å². The lowest BCUT2D eigenvalue weighted by Crippen LogP contribution is -2.33. The van der Waals surface area contributed by atoms with E-state index in [9.17, 15) is 15.0 Å². The van der Waals surface area contributed by atoms with Gasteiger partial charge in [0.1, 0.15) is 24.6 Å². The molecule has 12 nitrogen and oxygen atoms in total. The Kier molecular flexibility index (Phi) is 7.21. The summed E-state index contributed by atoms with van der Waals surface area (Å²) >= 11 is 1.40. The number of hydrogen-bond acceptors (Lipinski definition) is 11. The standard InChI is InChI=1S/C16H25N7O5S/c17-2-3-19-13-10-14(21-6-20-13)23(7-22-10)15-12(25)11(24)9(28-15)5-29-4-1-8(18)16(26)27/h6-9,11-12,15,24-25H,1-5,17-18H2,(H,26,27)(H,19,20,21)/t8-,9+,11+,12+,15+/m0/s1. The number of aliphatic carboxylic acids is 1. The van der Waals surface area contributed by atoms with Gasteiger partial charge in [0.05, 0.1) is 12.4 Å². The lowest BCUT2D eigenvalue weighted by molar-refractivity contribution is -0.138. The van der Waals surface area contributed by atoms with Crippen molar-refractivity contribution in [3.63, 3.8) is 0 Å². The molecule has 1 saturated heterocycles. The summed E-state index contributed by atoms with van der Waals surface area (Å²) in [5.41, 5.74) is 11.9. The number of carbonyl (C=O) groups is 1. The van der Waals surface area contributed by atoms with Crippen LogP contribution in [0, 0.1) is 0 Å². The first-order valence-electron chi connectivity index (χ1n) is 9.13. The maximum Gasteiger partial charge on any atom is 0.320 e. The minimum Gasteiger partial charge on any atom is -0.480 e. The number of nitrogens with zero attached hydrogens (tertiary/aromatic N) is 4. The molecule has 1 aliphatic heterocycles. The van der Waals surface area contributed by atoms with Crippen LogP contribution in [0.5, 0.6) is 0 Å². The van der Waals surface area contributed by atoms with Crippen molar-refractivity contribution in [2.45, 2.75) is 37.0 Å². The first-order chi connectivity index (χ1) is 13.9. The lowest BCUT2D eigenvalue weighted by Gasteiger charge is -2.16. The van der Waals surface area contributed by atoms with Gasteiger partial charge < -0.3 is 36.8 Å². The number of ether oxygens (including phenoxy) is 1.